The first-order valence-electron chi connectivity index (χ1n) is 4.05. The first-order chi connectivity index (χ1) is 6.20. The topological polar surface area (TPSA) is 52.6 Å². The van der Waals surface area contributed by atoms with Crippen molar-refractivity contribution in [2.75, 3.05) is 26.5 Å². The van der Waals surface area contributed by atoms with Gasteiger partial charge in [-0.3, -0.25) is 9.59 Å². The van der Waals surface area contributed by atoms with Gasteiger partial charge in [0.2, 0.25) is 0 Å². The van der Waals surface area contributed by atoms with Gasteiger partial charge in [-0.1, -0.05) is 0 Å². The lowest BCUT2D eigenvalue weighted by Crippen LogP contribution is -2.03. The monoisotopic (exact) mass is 206 g/mol. The highest BCUT2D eigenvalue weighted by molar-refractivity contribution is 7.38. The number of ether oxygens (including phenoxy) is 2. The third-order valence-corrected chi connectivity index (χ3v) is 2.67. The van der Waals surface area contributed by atoms with Crippen molar-refractivity contribution in [1.29, 1.82) is 0 Å². The van der Waals surface area contributed by atoms with Crippen LogP contribution in [0, 0.1) is 0 Å². The molecule has 0 saturated carbocycles. The van der Waals surface area contributed by atoms with Crippen molar-refractivity contribution < 1.29 is 19.1 Å². The summed E-state index contributed by atoms with van der Waals surface area (Å²) in [6.45, 7) is 0. The van der Waals surface area contributed by atoms with Gasteiger partial charge in [-0.05, 0) is 12.3 Å². The van der Waals surface area contributed by atoms with Gasteiger partial charge in [0.15, 0.2) is 0 Å². The van der Waals surface area contributed by atoms with Crippen LogP contribution < -0.4 is 0 Å². The summed E-state index contributed by atoms with van der Waals surface area (Å²) in [6.07, 6.45) is 2.47. The van der Waals surface area contributed by atoms with Crippen molar-refractivity contribution in [2.45, 2.75) is 12.8 Å². The standard InChI is InChI=1S/C8H15O4P/c1-11-7(9)3-5-13-6-4-8(10)12-2/h13H,3-6H2,1-2H3. The Labute approximate surface area is 79.8 Å². The van der Waals surface area contributed by atoms with E-state index in [1.54, 1.807) is 0 Å². The predicted molar refractivity (Wildman–Crippen MR) is 51.3 cm³/mol. The summed E-state index contributed by atoms with van der Waals surface area (Å²) in [4.78, 5) is 21.3. The third-order valence-electron chi connectivity index (χ3n) is 1.47. The van der Waals surface area contributed by atoms with E-state index in [2.05, 4.69) is 9.47 Å². The summed E-state index contributed by atoms with van der Waals surface area (Å²) < 4.78 is 8.95. The molecule has 0 aliphatic heterocycles. The summed E-state index contributed by atoms with van der Waals surface area (Å²) in [5, 5.41) is 0. The molecule has 0 aliphatic rings. The molecule has 0 saturated heterocycles. The molecule has 0 amide bonds. The summed E-state index contributed by atoms with van der Waals surface area (Å²) in [5.74, 6) is -0.379. The molecule has 0 rings (SSSR count). The molecule has 13 heavy (non-hydrogen) atoms. The number of methoxy groups -OCH3 is 2. The number of rotatable bonds is 6. The fraction of sp³-hybridized carbons (Fsp3) is 0.750. The molecule has 0 bridgehead atoms. The average molecular weight is 206 g/mol. The largest absolute Gasteiger partial charge is 0.469 e. The fourth-order valence-corrected chi connectivity index (χ4v) is 1.72. The lowest BCUT2D eigenvalue weighted by Gasteiger charge is -2.00. The Morgan fingerprint density at radius 2 is 1.38 bits per heavy atom. The summed E-state index contributed by atoms with van der Waals surface area (Å²) >= 11 is 0. The van der Waals surface area contributed by atoms with Crippen LogP contribution in [0.15, 0.2) is 0 Å². The Balaban J connectivity index is 3.17. The maximum atomic E-state index is 10.7. The SMILES string of the molecule is COC(=O)CCPCCC(=O)OC. The van der Waals surface area contributed by atoms with Crippen molar-refractivity contribution in [3.05, 3.63) is 0 Å². The van der Waals surface area contributed by atoms with Gasteiger partial charge < -0.3 is 9.47 Å². The van der Waals surface area contributed by atoms with Crippen LogP contribution in [0.2, 0.25) is 0 Å². The Hall–Kier alpha value is -0.630. The van der Waals surface area contributed by atoms with E-state index in [1.165, 1.54) is 14.2 Å². The van der Waals surface area contributed by atoms with Crippen molar-refractivity contribution in [3.63, 3.8) is 0 Å². The molecule has 76 valence electrons. The zero-order valence-electron chi connectivity index (χ0n) is 7.96. The van der Waals surface area contributed by atoms with Crippen LogP contribution in [0.3, 0.4) is 0 Å². The molecule has 0 fully saturated rings. The fourth-order valence-electron chi connectivity index (χ4n) is 0.710. The smallest absolute Gasteiger partial charge is 0.305 e. The van der Waals surface area contributed by atoms with Gasteiger partial charge in [0.1, 0.15) is 0 Å². The zero-order valence-corrected chi connectivity index (χ0v) is 8.96. The molecule has 0 aliphatic carbocycles. The molecule has 5 heteroatoms. The summed E-state index contributed by atoms with van der Waals surface area (Å²) in [5.41, 5.74) is 0. The molecule has 0 aromatic carbocycles. The average Bonchev–Trinajstić information content (AvgIpc) is 2.16. The van der Waals surface area contributed by atoms with E-state index in [4.69, 9.17) is 0 Å². The second kappa shape index (κ2) is 7.99. The van der Waals surface area contributed by atoms with Crippen LogP contribution in [0.25, 0.3) is 0 Å². The maximum Gasteiger partial charge on any atom is 0.305 e. The van der Waals surface area contributed by atoms with Crippen LogP contribution in [-0.2, 0) is 19.1 Å². The molecule has 0 radical (unpaired) electrons. The van der Waals surface area contributed by atoms with Crippen LogP contribution in [0.4, 0.5) is 0 Å². The van der Waals surface area contributed by atoms with Gasteiger partial charge in [-0.2, -0.15) is 0 Å². The number of carbonyl (C=O) groups excluding carboxylic acids is 2. The molecular weight excluding hydrogens is 191 g/mol. The molecule has 0 unspecified atom stereocenters. The predicted octanol–water partition coefficient (Wildman–Crippen LogP) is 0.791. The maximum absolute atomic E-state index is 10.7. The minimum atomic E-state index is -0.189. The molecular formula is C8H15O4P. The van der Waals surface area contributed by atoms with Crippen LogP contribution in [0.1, 0.15) is 12.8 Å². The highest BCUT2D eigenvalue weighted by Crippen LogP contribution is 2.13. The lowest BCUT2D eigenvalue weighted by atomic mass is 10.5. The second-order valence-electron chi connectivity index (χ2n) is 2.40. The van der Waals surface area contributed by atoms with Crippen LogP contribution >= 0.6 is 8.58 Å². The van der Waals surface area contributed by atoms with Crippen molar-refractivity contribution in [2.24, 2.45) is 0 Å². The van der Waals surface area contributed by atoms with Crippen molar-refractivity contribution in [1.82, 2.24) is 0 Å². The first kappa shape index (κ1) is 12.4. The van der Waals surface area contributed by atoms with E-state index in [0.717, 1.165) is 12.3 Å². The van der Waals surface area contributed by atoms with Crippen molar-refractivity contribution in [3.8, 4) is 0 Å². The highest BCUT2D eigenvalue weighted by atomic mass is 31.1. The Kier molecular flexibility index (Phi) is 7.60. The number of carbonyl (C=O) groups is 2. The lowest BCUT2D eigenvalue weighted by molar-refractivity contribution is -0.140. The second-order valence-corrected chi connectivity index (χ2v) is 3.90. The number of esters is 2. The number of hydrogen-bond acceptors (Lipinski definition) is 4. The van der Waals surface area contributed by atoms with Crippen LogP contribution in [-0.4, -0.2) is 38.5 Å². The minimum absolute atomic E-state index is 0.189. The van der Waals surface area contributed by atoms with Gasteiger partial charge in [-0.15, -0.1) is 8.58 Å². The Morgan fingerprint density at radius 3 is 1.69 bits per heavy atom. The zero-order chi connectivity index (χ0) is 10.1. The van der Waals surface area contributed by atoms with Gasteiger partial charge in [0.05, 0.1) is 14.2 Å². The molecule has 0 aromatic rings. The highest BCUT2D eigenvalue weighted by Gasteiger charge is 2.01. The molecule has 0 N–H and O–H groups in total. The van der Waals surface area contributed by atoms with E-state index in [0.29, 0.717) is 21.4 Å². The quantitative estimate of drug-likeness (QED) is 0.366. The molecule has 4 nitrogen and oxygen atoms in total. The summed E-state index contributed by atoms with van der Waals surface area (Å²) in [7, 11) is 3.37. The van der Waals surface area contributed by atoms with Gasteiger partial charge in [0.25, 0.3) is 0 Å². The Morgan fingerprint density at radius 1 is 1.00 bits per heavy atom. The number of hydrogen-bond donors (Lipinski definition) is 0. The molecule has 0 spiro atoms. The third kappa shape index (κ3) is 7.72. The van der Waals surface area contributed by atoms with Crippen molar-refractivity contribution >= 4 is 20.5 Å². The first-order valence-corrected chi connectivity index (χ1v) is 5.46. The van der Waals surface area contributed by atoms with E-state index < -0.39 is 0 Å². The molecule has 0 heterocycles. The summed E-state index contributed by atoms with van der Waals surface area (Å²) in [6, 6.07) is 0. The molecule has 0 aromatic heterocycles. The van der Waals surface area contributed by atoms with Gasteiger partial charge >= 0.3 is 11.9 Å². The normalized spacial score (nSPS) is 9.38. The van der Waals surface area contributed by atoms with E-state index in [1.807, 2.05) is 0 Å². The minimum Gasteiger partial charge on any atom is -0.469 e. The van der Waals surface area contributed by atoms with E-state index >= 15 is 0 Å². The van der Waals surface area contributed by atoms with Crippen LogP contribution in [0.5, 0.6) is 0 Å². The van der Waals surface area contributed by atoms with Gasteiger partial charge in [0, 0.05) is 12.8 Å². The Bertz CT molecular complexity index is 152. The van der Waals surface area contributed by atoms with E-state index in [-0.39, 0.29) is 11.9 Å². The van der Waals surface area contributed by atoms with E-state index in [9.17, 15) is 9.59 Å². The van der Waals surface area contributed by atoms with Gasteiger partial charge in [-0.25, -0.2) is 0 Å². The molecule has 0 atom stereocenters.